The molecule has 0 radical (unpaired) electrons. The minimum atomic E-state index is 0.471. The van der Waals surface area contributed by atoms with Gasteiger partial charge in [-0.1, -0.05) is 44.2 Å². The van der Waals surface area contributed by atoms with Crippen LogP contribution in [0.3, 0.4) is 0 Å². The molecule has 0 bridgehead atoms. The molecule has 0 saturated carbocycles. The van der Waals surface area contributed by atoms with Gasteiger partial charge >= 0.3 is 0 Å². The van der Waals surface area contributed by atoms with E-state index in [9.17, 15) is 0 Å². The van der Waals surface area contributed by atoms with Gasteiger partial charge in [0.2, 0.25) is 0 Å². The normalized spacial score (nSPS) is 10.8. The van der Waals surface area contributed by atoms with Crippen LogP contribution in [0.5, 0.6) is 5.75 Å². The molecule has 166 valence electrons. The lowest BCUT2D eigenvalue weighted by atomic mass is 10.0. The first-order valence-electron chi connectivity index (χ1n) is 11.0. The van der Waals surface area contributed by atoms with E-state index in [0.717, 1.165) is 39.3 Å². The lowest BCUT2D eigenvalue weighted by molar-refractivity contribution is 0.421. The molecule has 0 fully saturated rings. The standard InChI is InChI=1S/C27H27N5O/c1-18(2)21-11-12-25(31-16-21)30-14-13-29-24-17-32-26-22(5-4-6-23(26)27(24)33-3)20-9-7-19(15-28)8-10-20/h4-12,16-18,29H,13-14H2,1-3H3,(H,30,31). The Morgan fingerprint density at radius 2 is 1.73 bits per heavy atom. The van der Waals surface area contributed by atoms with Gasteiger partial charge in [0.15, 0.2) is 5.75 Å². The zero-order valence-electron chi connectivity index (χ0n) is 19.1. The summed E-state index contributed by atoms with van der Waals surface area (Å²) >= 11 is 0. The summed E-state index contributed by atoms with van der Waals surface area (Å²) in [4.78, 5) is 9.21. The molecule has 2 N–H and O–H groups in total. The fraction of sp³-hybridized carbons (Fsp3) is 0.222. The first kappa shape index (κ1) is 22.1. The van der Waals surface area contributed by atoms with Gasteiger partial charge in [-0.2, -0.15) is 5.26 Å². The predicted octanol–water partition coefficient (Wildman–Crippen LogP) is 5.82. The number of methoxy groups -OCH3 is 1. The fourth-order valence-electron chi connectivity index (χ4n) is 3.74. The molecule has 6 nitrogen and oxygen atoms in total. The zero-order valence-corrected chi connectivity index (χ0v) is 19.1. The quantitative estimate of drug-likeness (QED) is 0.338. The number of rotatable bonds is 8. The molecule has 0 atom stereocenters. The third-order valence-electron chi connectivity index (χ3n) is 5.58. The zero-order chi connectivity index (χ0) is 23.2. The SMILES string of the molecule is COc1c(NCCNc2ccc(C(C)C)cn2)cnc2c(-c3ccc(C#N)cc3)cccc12. The van der Waals surface area contributed by atoms with Crippen LogP contribution >= 0.6 is 0 Å². The number of ether oxygens (including phenoxy) is 1. The highest BCUT2D eigenvalue weighted by Gasteiger charge is 2.13. The second kappa shape index (κ2) is 10.0. The number of pyridine rings is 2. The molecule has 0 saturated heterocycles. The van der Waals surface area contributed by atoms with Crippen LogP contribution < -0.4 is 15.4 Å². The summed E-state index contributed by atoms with van der Waals surface area (Å²) in [5.41, 5.74) is 5.57. The predicted molar refractivity (Wildman–Crippen MR) is 134 cm³/mol. The minimum Gasteiger partial charge on any atom is -0.494 e. The Balaban J connectivity index is 1.49. The van der Waals surface area contributed by atoms with Crippen molar-refractivity contribution in [1.82, 2.24) is 9.97 Å². The Bertz CT molecular complexity index is 1280. The van der Waals surface area contributed by atoms with Gasteiger partial charge in [0.25, 0.3) is 0 Å². The molecule has 4 aromatic rings. The van der Waals surface area contributed by atoms with Crippen LogP contribution in [0.2, 0.25) is 0 Å². The molecule has 0 unspecified atom stereocenters. The summed E-state index contributed by atoms with van der Waals surface area (Å²) in [5, 5.41) is 16.7. The summed E-state index contributed by atoms with van der Waals surface area (Å²) in [6.07, 6.45) is 3.73. The van der Waals surface area contributed by atoms with Crippen LogP contribution in [-0.4, -0.2) is 30.2 Å². The molecule has 0 aliphatic heterocycles. The van der Waals surface area contributed by atoms with E-state index in [1.54, 1.807) is 7.11 Å². The molecule has 2 heterocycles. The Labute approximate surface area is 194 Å². The van der Waals surface area contributed by atoms with Crippen molar-refractivity contribution in [3.63, 3.8) is 0 Å². The van der Waals surface area contributed by atoms with Crippen LogP contribution in [0.4, 0.5) is 11.5 Å². The molecule has 33 heavy (non-hydrogen) atoms. The number of fused-ring (bicyclic) bond motifs is 1. The highest BCUT2D eigenvalue weighted by atomic mass is 16.5. The van der Waals surface area contributed by atoms with E-state index in [0.29, 0.717) is 24.6 Å². The van der Waals surface area contributed by atoms with E-state index in [2.05, 4.69) is 41.6 Å². The van der Waals surface area contributed by atoms with E-state index >= 15 is 0 Å². The fourth-order valence-corrected chi connectivity index (χ4v) is 3.74. The van der Waals surface area contributed by atoms with Crippen molar-refractivity contribution >= 4 is 22.4 Å². The van der Waals surface area contributed by atoms with E-state index in [-0.39, 0.29) is 0 Å². The van der Waals surface area contributed by atoms with Crippen molar-refractivity contribution in [3.8, 4) is 22.9 Å². The van der Waals surface area contributed by atoms with Crippen LogP contribution in [0.25, 0.3) is 22.0 Å². The maximum atomic E-state index is 9.06. The number of para-hydroxylation sites is 1. The topological polar surface area (TPSA) is 82.9 Å². The number of anilines is 2. The Morgan fingerprint density at radius 1 is 0.939 bits per heavy atom. The van der Waals surface area contributed by atoms with E-state index < -0.39 is 0 Å². The monoisotopic (exact) mass is 437 g/mol. The third kappa shape index (κ3) is 4.88. The first-order chi connectivity index (χ1) is 16.1. The van der Waals surface area contributed by atoms with Gasteiger partial charge in [0.1, 0.15) is 5.82 Å². The Hall–Kier alpha value is -4.11. The van der Waals surface area contributed by atoms with Gasteiger partial charge in [-0.05, 0) is 41.3 Å². The second-order valence-corrected chi connectivity index (χ2v) is 8.08. The lowest BCUT2D eigenvalue weighted by Gasteiger charge is -2.15. The molecule has 0 aliphatic rings. The average Bonchev–Trinajstić information content (AvgIpc) is 2.86. The average molecular weight is 438 g/mol. The highest BCUT2D eigenvalue weighted by molar-refractivity contribution is 5.99. The van der Waals surface area contributed by atoms with Crippen molar-refractivity contribution in [2.75, 3.05) is 30.8 Å². The number of aromatic nitrogens is 2. The van der Waals surface area contributed by atoms with Gasteiger partial charge in [-0.25, -0.2) is 4.98 Å². The van der Waals surface area contributed by atoms with Gasteiger partial charge in [0.05, 0.1) is 36.1 Å². The summed E-state index contributed by atoms with van der Waals surface area (Å²) in [5.74, 6) is 2.09. The maximum Gasteiger partial charge on any atom is 0.152 e. The van der Waals surface area contributed by atoms with Crippen LogP contribution in [0.15, 0.2) is 67.0 Å². The number of nitriles is 1. The maximum absolute atomic E-state index is 9.06. The second-order valence-electron chi connectivity index (χ2n) is 8.08. The summed E-state index contributed by atoms with van der Waals surface area (Å²) in [6, 6.07) is 19.8. The molecule has 2 aromatic carbocycles. The number of benzene rings is 2. The van der Waals surface area contributed by atoms with Crippen molar-refractivity contribution in [1.29, 1.82) is 5.26 Å². The van der Waals surface area contributed by atoms with Gasteiger partial charge in [-0.15, -0.1) is 0 Å². The van der Waals surface area contributed by atoms with Crippen LogP contribution in [0.1, 0.15) is 30.9 Å². The van der Waals surface area contributed by atoms with Crippen LogP contribution in [0, 0.1) is 11.3 Å². The van der Waals surface area contributed by atoms with Gasteiger partial charge in [0, 0.05) is 30.2 Å². The van der Waals surface area contributed by atoms with Crippen molar-refractivity contribution in [2.45, 2.75) is 19.8 Å². The van der Waals surface area contributed by atoms with E-state index in [1.165, 1.54) is 5.56 Å². The summed E-state index contributed by atoms with van der Waals surface area (Å²) < 4.78 is 5.76. The van der Waals surface area contributed by atoms with Crippen molar-refractivity contribution in [3.05, 3.63) is 78.1 Å². The number of nitrogens with one attached hydrogen (secondary N) is 2. The molecule has 0 amide bonds. The van der Waals surface area contributed by atoms with Gasteiger partial charge < -0.3 is 15.4 Å². The molecule has 4 rings (SSSR count). The number of nitrogens with zero attached hydrogens (tertiary/aromatic N) is 3. The van der Waals surface area contributed by atoms with E-state index in [1.807, 2.05) is 60.9 Å². The molecule has 2 aromatic heterocycles. The largest absolute Gasteiger partial charge is 0.494 e. The van der Waals surface area contributed by atoms with Gasteiger partial charge in [-0.3, -0.25) is 4.98 Å². The Morgan fingerprint density at radius 3 is 2.39 bits per heavy atom. The minimum absolute atomic E-state index is 0.471. The van der Waals surface area contributed by atoms with Crippen molar-refractivity contribution < 1.29 is 4.74 Å². The number of hydrogen-bond donors (Lipinski definition) is 2. The Kier molecular flexibility index (Phi) is 6.70. The first-order valence-corrected chi connectivity index (χ1v) is 11.0. The van der Waals surface area contributed by atoms with Crippen LogP contribution in [-0.2, 0) is 0 Å². The smallest absolute Gasteiger partial charge is 0.152 e. The molecule has 6 heteroatoms. The van der Waals surface area contributed by atoms with Crippen molar-refractivity contribution in [2.24, 2.45) is 0 Å². The highest BCUT2D eigenvalue weighted by Crippen LogP contribution is 2.36. The molecular formula is C27H27N5O. The molecular weight excluding hydrogens is 410 g/mol. The molecule has 0 aliphatic carbocycles. The molecule has 0 spiro atoms. The number of hydrogen-bond acceptors (Lipinski definition) is 6. The van der Waals surface area contributed by atoms with E-state index in [4.69, 9.17) is 15.0 Å². The third-order valence-corrected chi connectivity index (χ3v) is 5.58. The summed E-state index contributed by atoms with van der Waals surface area (Å²) in [6.45, 7) is 5.71. The lowest BCUT2D eigenvalue weighted by Crippen LogP contribution is -2.15. The summed E-state index contributed by atoms with van der Waals surface area (Å²) in [7, 11) is 1.67.